The molecule has 0 saturated heterocycles. The maximum Gasteiger partial charge on any atom is 0.0231 e. The second kappa shape index (κ2) is 13.4. The maximum atomic E-state index is 2.18. The Kier molecular flexibility index (Phi) is 10.4. The first-order valence-corrected chi connectivity index (χ1v) is 10.9. The first-order chi connectivity index (χ1) is 14.1. The smallest absolute Gasteiger partial charge is 0.0231 e. The van der Waals surface area contributed by atoms with E-state index in [-0.39, 0.29) is 0 Å². The highest BCUT2D eigenvalue weighted by atomic mass is 32.2. The van der Waals surface area contributed by atoms with Crippen LogP contribution in [-0.4, -0.2) is 0 Å². The lowest BCUT2D eigenvalue weighted by atomic mass is 10.2. The van der Waals surface area contributed by atoms with Crippen molar-refractivity contribution < 1.29 is 0 Å². The van der Waals surface area contributed by atoms with Crippen molar-refractivity contribution in [3.63, 3.8) is 0 Å². The third kappa shape index (κ3) is 10.4. The van der Waals surface area contributed by atoms with Gasteiger partial charge in [-0.05, 0) is 38.5 Å². The summed E-state index contributed by atoms with van der Waals surface area (Å²) in [5.74, 6) is 1.05. The van der Waals surface area contributed by atoms with Crippen LogP contribution in [0, 0.1) is 20.8 Å². The van der Waals surface area contributed by atoms with Gasteiger partial charge in [0.2, 0.25) is 0 Å². The molecule has 0 heterocycles. The zero-order valence-corrected chi connectivity index (χ0v) is 18.4. The van der Waals surface area contributed by atoms with Crippen LogP contribution in [0.5, 0.6) is 0 Å². The van der Waals surface area contributed by atoms with Crippen LogP contribution >= 0.6 is 11.8 Å². The Balaban J connectivity index is 0.000000178. The molecule has 0 saturated carbocycles. The van der Waals surface area contributed by atoms with Crippen LogP contribution in [0.4, 0.5) is 0 Å². The van der Waals surface area contributed by atoms with Gasteiger partial charge in [-0.25, -0.2) is 0 Å². The van der Waals surface area contributed by atoms with E-state index in [1.807, 2.05) is 48.2 Å². The zero-order valence-electron chi connectivity index (χ0n) is 17.6. The Hall–Kier alpha value is -2.77. The molecule has 0 aliphatic carbocycles. The fourth-order valence-corrected chi connectivity index (χ4v) is 3.30. The summed E-state index contributed by atoms with van der Waals surface area (Å²) in [5, 5.41) is 0. The first-order valence-electron chi connectivity index (χ1n) is 9.90. The Morgan fingerprint density at radius 1 is 0.448 bits per heavy atom. The third-order valence-electron chi connectivity index (χ3n) is 4.15. The van der Waals surface area contributed by atoms with Gasteiger partial charge in [0.1, 0.15) is 0 Å². The second-order valence-corrected chi connectivity index (χ2v) is 7.95. The Labute approximate surface area is 180 Å². The molecular weight excluding hydrogens is 368 g/mol. The van der Waals surface area contributed by atoms with Gasteiger partial charge in [-0.3, -0.25) is 0 Å². The van der Waals surface area contributed by atoms with Crippen LogP contribution in [0.15, 0.2) is 120 Å². The highest BCUT2D eigenvalue weighted by molar-refractivity contribution is 7.98. The Morgan fingerprint density at radius 2 is 0.828 bits per heavy atom. The first kappa shape index (κ1) is 22.5. The van der Waals surface area contributed by atoms with Crippen molar-refractivity contribution in [3.8, 4) is 0 Å². The van der Waals surface area contributed by atoms with Gasteiger partial charge in [0.15, 0.2) is 0 Å². The lowest BCUT2D eigenvalue weighted by molar-refractivity contribution is 1.35. The van der Waals surface area contributed by atoms with Crippen molar-refractivity contribution in [2.24, 2.45) is 0 Å². The molecule has 0 spiro atoms. The highest BCUT2D eigenvalue weighted by Crippen LogP contribution is 2.22. The summed E-state index contributed by atoms with van der Waals surface area (Å²) in [7, 11) is 0. The van der Waals surface area contributed by atoms with E-state index in [4.69, 9.17) is 0 Å². The Morgan fingerprint density at radius 3 is 1.21 bits per heavy atom. The van der Waals surface area contributed by atoms with Crippen molar-refractivity contribution in [2.75, 3.05) is 0 Å². The van der Waals surface area contributed by atoms with Gasteiger partial charge >= 0.3 is 0 Å². The summed E-state index contributed by atoms with van der Waals surface area (Å²) >= 11 is 1.88. The summed E-state index contributed by atoms with van der Waals surface area (Å²) in [6.07, 6.45) is 0. The fourth-order valence-electron chi connectivity index (χ4n) is 2.44. The summed E-state index contributed by atoms with van der Waals surface area (Å²) in [5.41, 5.74) is 5.34. The normalized spacial score (nSPS) is 9.48. The molecule has 0 N–H and O–H groups in total. The van der Waals surface area contributed by atoms with Gasteiger partial charge in [-0.15, -0.1) is 11.8 Å². The molecular formula is C28H30S. The third-order valence-corrected chi connectivity index (χ3v) is 5.23. The molecule has 0 aromatic heterocycles. The molecule has 0 radical (unpaired) electrons. The van der Waals surface area contributed by atoms with E-state index in [0.29, 0.717) is 0 Å². The summed E-state index contributed by atoms with van der Waals surface area (Å²) in [4.78, 5) is 1.34. The van der Waals surface area contributed by atoms with E-state index in [0.717, 1.165) is 5.75 Å². The van der Waals surface area contributed by atoms with Crippen molar-refractivity contribution >= 4 is 11.8 Å². The number of aryl methyl sites for hydroxylation is 3. The molecule has 29 heavy (non-hydrogen) atoms. The van der Waals surface area contributed by atoms with Crippen LogP contribution in [0.1, 0.15) is 22.3 Å². The van der Waals surface area contributed by atoms with E-state index in [1.165, 1.54) is 27.1 Å². The van der Waals surface area contributed by atoms with Crippen LogP contribution in [0.25, 0.3) is 0 Å². The lowest BCUT2D eigenvalue weighted by Crippen LogP contribution is -1.79. The molecule has 4 rings (SSSR count). The quantitative estimate of drug-likeness (QED) is 0.313. The van der Waals surface area contributed by atoms with Crippen LogP contribution in [0.2, 0.25) is 0 Å². The molecule has 0 nitrogen and oxygen atoms in total. The van der Waals surface area contributed by atoms with Gasteiger partial charge in [0.25, 0.3) is 0 Å². The Bertz CT molecular complexity index is 861. The molecule has 4 aromatic rings. The molecule has 0 atom stereocenters. The minimum atomic E-state index is 1.05. The highest BCUT2D eigenvalue weighted by Gasteiger charge is 1.95. The number of hydrogen-bond acceptors (Lipinski definition) is 1. The van der Waals surface area contributed by atoms with E-state index >= 15 is 0 Å². The second-order valence-electron chi connectivity index (χ2n) is 6.90. The van der Waals surface area contributed by atoms with Crippen LogP contribution in [-0.2, 0) is 5.75 Å². The number of hydrogen-bond donors (Lipinski definition) is 0. The van der Waals surface area contributed by atoms with Crippen LogP contribution in [0.3, 0.4) is 0 Å². The largest absolute Gasteiger partial charge is 0.121 e. The molecule has 0 amide bonds. The molecule has 148 valence electrons. The molecule has 0 aliphatic rings. The van der Waals surface area contributed by atoms with Gasteiger partial charge < -0.3 is 0 Å². The molecule has 0 unspecified atom stereocenters. The maximum absolute atomic E-state index is 2.18. The monoisotopic (exact) mass is 398 g/mol. The van der Waals surface area contributed by atoms with E-state index in [9.17, 15) is 0 Å². The minimum Gasteiger partial charge on any atom is -0.121 e. The SMILES string of the molecule is Cc1ccc(SCc2ccccc2)cc1.Cc1ccccc1.Cc1ccccc1. The average Bonchev–Trinajstić information content (AvgIpc) is 2.76. The molecule has 0 bridgehead atoms. The van der Waals surface area contributed by atoms with Crippen molar-refractivity contribution in [1.29, 1.82) is 0 Å². The van der Waals surface area contributed by atoms with E-state index in [1.54, 1.807) is 0 Å². The standard InChI is InChI=1S/C14H14S.2C7H8/c1-12-7-9-14(10-8-12)15-11-13-5-3-2-4-6-13;2*1-7-5-3-2-4-6-7/h2-10H,11H2,1H3;2*2-6H,1H3. The number of thioether (sulfide) groups is 1. The van der Waals surface area contributed by atoms with Gasteiger partial charge in [0.05, 0.1) is 0 Å². The van der Waals surface area contributed by atoms with Crippen LogP contribution < -0.4 is 0 Å². The number of benzene rings is 4. The van der Waals surface area contributed by atoms with Crippen molar-refractivity contribution in [1.82, 2.24) is 0 Å². The molecule has 0 fully saturated rings. The van der Waals surface area contributed by atoms with Crippen molar-refractivity contribution in [2.45, 2.75) is 31.4 Å². The van der Waals surface area contributed by atoms with Gasteiger partial charge in [0, 0.05) is 10.6 Å². The number of rotatable bonds is 3. The predicted octanol–water partition coefficient (Wildman–Crippen LogP) is 8.28. The minimum absolute atomic E-state index is 1.05. The predicted molar refractivity (Wildman–Crippen MR) is 130 cm³/mol. The average molecular weight is 399 g/mol. The van der Waals surface area contributed by atoms with E-state index < -0.39 is 0 Å². The summed E-state index contributed by atoms with van der Waals surface area (Å²) in [6, 6.07) is 39.8. The van der Waals surface area contributed by atoms with Gasteiger partial charge in [-0.2, -0.15) is 0 Å². The topological polar surface area (TPSA) is 0 Å². The molecule has 1 heteroatoms. The van der Waals surface area contributed by atoms with Crippen molar-refractivity contribution in [3.05, 3.63) is 138 Å². The summed E-state index contributed by atoms with van der Waals surface area (Å²) in [6.45, 7) is 6.28. The fraction of sp³-hybridized carbons (Fsp3) is 0.143. The zero-order chi connectivity index (χ0) is 20.7. The van der Waals surface area contributed by atoms with Gasteiger partial charge in [-0.1, -0.05) is 120 Å². The van der Waals surface area contributed by atoms with E-state index in [2.05, 4.69) is 99.6 Å². The molecule has 0 aliphatic heterocycles. The lowest BCUT2D eigenvalue weighted by Gasteiger charge is -2.02. The molecule has 4 aromatic carbocycles. The summed E-state index contributed by atoms with van der Waals surface area (Å²) < 4.78 is 0.